The summed E-state index contributed by atoms with van der Waals surface area (Å²) >= 11 is 1.87. The van der Waals surface area contributed by atoms with Crippen LogP contribution in [0.5, 0.6) is 5.75 Å². The van der Waals surface area contributed by atoms with E-state index in [0.29, 0.717) is 17.5 Å². The van der Waals surface area contributed by atoms with E-state index in [4.69, 9.17) is 15.6 Å². The first kappa shape index (κ1) is 14.2. The van der Waals surface area contributed by atoms with Gasteiger partial charge in [0.1, 0.15) is 5.75 Å². The average molecular weight is 255 g/mol. The van der Waals surface area contributed by atoms with Crippen LogP contribution in [0.4, 0.5) is 5.69 Å². The molecule has 0 aliphatic rings. The fourth-order valence-electron chi connectivity index (χ4n) is 1.40. The van der Waals surface area contributed by atoms with Crippen molar-refractivity contribution in [1.29, 1.82) is 0 Å². The van der Waals surface area contributed by atoms with Crippen molar-refractivity contribution in [2.45, 2.75) is 25.0 Å². The number of para-hydroxylation sites is 2. The molecule has 3 nitrogen and oxygen atoms in total. The number of thioether (sulfide) groups is 1. The maximum absolute atomic E-state index is 8.77. The first-order valence-corrected chi connectivity index (χ1v) is 6.98. The second-order valence-electron chi connectivity index (χ2n) is 3.93. The highest BCUT2D eigenvalue weighted by Crippen LogP contribution is 2.20. The number of nitrogens with two attached hydrogens (primary N) is 1. The molecule has 0 amide bonds. The van der Waals surface area contributed by atoms with E-state index in [2.05, 4.69) is 6.92 Å². The number of rotatable bonds is 8. The first-order valence-electron chi connectivity index (χ1n) is 5.94. The Labute approximate surface area is 107 Å². The zero-order valence-electron chi connectivity index (χ0n) is 10.3. The molecule has 0 spiro atoms. The van der Waals surface area contributed by atoms with Crippen molar-refractivity contribution in [2.75, 3.05) is 24.7 Å². The summed E-state index contributed by atoms with van der Waals surface area (Å²) in [7, 11) is 0. The molecule has 0 heterocycles. The summed E-state index contributed by atoms with van der Waals surface area (Å²) in [6, 6.07) is 7.54. The molecule has 0 saturated heterocycles. The van der Waals surface area contributed by atoms with Crippen molar-refractivity contribution in [1.82, 2.24) is 0 Å². The van der Waals surface area contributed by atoms with Crippen molar-refractivity contribution in [2.24, 2.45) is 0 Å². The largest absolute Gasteiger partial charge is 0.491 e. The molecule has 1 atom stereocenters. The van der Waals surface area contributed by atoms with Crippen LogP contribution in [-0.4, -0.2) is 29.3 Å². The van der Waals surface area contributed by atoms with Crippen LogP contribution in [-0.2, 0) is 0 Å². The monoisotopic (exact) mass is 255 g/mol. The summed E-state index contributed by atoms with van der Waals surface area (Å²) in [4.78, 5) is 0. The van der Waals surface area contributed by atoms with Gasteiger partial charge in [0.25, 0.3) is 0 Å². The molecule has 0 aliphatic heterocycles. The van der Waals surface area contributed by atoms with Gasteiger partial charge in [0, 0.05) is 11.9 Å². The topological polar surface area (TPSA) is 55.5 Å². The molecule has 0 bridgehead atoms. The highest BCUT2D eigenvalue weighted by molar-refractivity contribution is 7.99. The van der Waals surface area contributed by atoms with Gasteiger partial charge in [-0.1, -0.05) is 19.1 Å². The van der Waals surface area contributed by atoms with E-state index in [9.17, 15) is 0 Å². The van der Waals surface area contributed by atoms with Crippen LogP contribution in [0.1, 0.15) is 19.8 Å². The Morgan fingerprint density at radius 1 is 1.41 bits per heavy atom. The van der Waals surface area contributed by atoms with Crippen LogP contribution in [0.25, 0.3) is 0 Å². The van der Waals surface area contributed by atoms with Crippen molar-refractivity contribution >= 4 is 17.4 Å². The van der Waals surface area contributed by atoms with Crippen molar-refractivity contribution in [3.63, 3.8) is 0 Å². The Balaban J connectivity index is 2.10. The molecule has 3 N–H and O–H groups in total. The number of aliphatic hydroxyl groups excluding tert-OH is 1. The van der Waals surface area contributed by atoms with Gasteiger partial charge in [-0.05, 0) is 30.7 Å². The molecule has 0 saturated carbocycles. The van der Waals surface area contributed by atoms with Crippen LogP contribution in [0.3, 0.4) is 0 Å². The lowest BCUT2D eigenvalue weighted by Gasteiger charge is -2.10. The maximum Gasteiger partial charge on any atom is 0.142 e. The highest BCUT2D eigenvalue weighted by atomic mass is 32.2. The van der Waals surface area contributed by atoms with E-state index in [0.717, 1.165) is 24.3 Å². The number of hydrogen-bond acceptors (Lipinski definition) is 4. The first-order chi connectivity index (χ1) is 8.24. The molecule has 96 valence electrons. The Morgan fingerprint density at radius 3 is 2.88 bits per heavy atom. The minimum absolute atomic E-state index is 0.269. The van der Waals surface area contributed by atoms with E-state index in [1.807, 2.05) is 36.0 Å². The predicted octanol–water partition coefficient (Wildman–Crippen LogP) is 2.54. The summed E-state index contributed by atoms with van der Waals surface area (Å²) in [6.45, 7) is 3.09. The Kier molecular flexibility index (Phi) is 6.89. The van der Waals surface area contributed by atoms with E-state index < -0.39 is 0 Å². The number of anilines is 1. The number of benzene rings is 1. The number of hydrogen-bond donors (Lipinski definition) is 2. The highest BCUT2D eigenvalue weighted by Gasteiger charge is 2.02. The average Bonchev–Trinajstić information content (AvgIpc) is 2.31. The molecule has 0 aliphatic carbocycles. The summed E-state index contributed by atoms with van der Waals surface area (Å²) in [6.07, 6.45) is 1.85. The number of nitrogen functional groups attached to an aromatic ring is 1. The van der Waals surface area contributed by atoms with Crippen LogP contribution in [0, 0.1) is 0 Å². The maximum atomic E-state index is 8.77. The fraction of sp³-hybridized carbons (Fsp3) is 0.538. The third-order valence-electron chi connectivity index (χ3n) is 2.40. The quantitative estimate of drug-likeness (QED) is 0.553. The van der Waals surface area contributed by atoms with Gasteiger partial charge < -0.3 is 15.6 Å². The number of ether oxygens (including phenoxy) is 1. The van der Waals surface area contributed by atoms with Gasteiger partial charge in [-0.25, -0.2) is 0 Å². The standard InChI is InChI=1S/C13H21NO2S/c1-11(7-8-15)17-10-4-9-16-13-6-3-2-5-12(13)14/h2-3,5-6,11,15H,4,7-10,14H2,1H3. The van der Waals surface area contributed by atoms with Crippen LogP contribution in [0.2, 0.25) is 0 Å². The van der Waals surface area contributed by atoms with E-state index >= 15 is 0 Å². The summed E-state index contributed by atoms with van der Waals surface area (Å²) in [5.74, 6) is 1.81. The van der Waals surface area contributed by atoms with Gasteiger partial charge >= 0.3 is 0 Å². The van der Waals surface area contributed by atoms with Crippen LogP contribution < -0.4 is 10.5 Å². The van der Waals surface area contributed by atoms with Gasteiger partial charge in [0.05, 0.1) is 12.3 Å². The third-order valence-corrected chi connectivity index (χ3v) is 3.73. The minimum atomic E-state index is 0.269. The lowest BCUT2D eigenvalue weighted by molar-refractivity contribution is 0.288. The van der Waals surface area contributed by atoms with Gasteiger partial charge in [-0.15, -0.1) is 0 Å². The zero-order chi connectivity index (χ0) is 12.5. The summed E-state index contributed by atoms with van der Waals surface area (Å²) < 4.78 is 5.59. The predicted molar refractivity (Wildman–Crippen MR) is 74.6 cm³/mol. The van der Waals surface area contributed by atoms with E-state index in [1.165, 1.54) is 0 Å². The van der Waals surface area contributed by atoms with Crippen LogP contribution in [0.15, 0.2) is 24.3 Å². The second-order valence-corrected chi connectivity index (χ2v) is 5.48. The molecular formula is C13H21NO2S. The molecule has 1 rings (SSSR count). The van der Waals surface area contributed by atoms with Gasteiger partial charge in [-0.2, -0.15) is 11.8 Å². The normalized spacial score (nSPS) is 12.4. The fourth-order valence-corrected chi connectivity index (χ4v) is 2.36. The SMILES string of the molecule is CC(CCO)SCCCOc1ccccc1N. The van der Waals surface area contributed by atoms with Gasteiger partial charge in [-0.3, -0.25) is 0 Å². The van der Waals surface area contributed by atoms with Gasteiger partial charge in [0.2, 0.25) is 0 Å². The Bertz CT molecular complexity index is 320. The molecule has 17 heavy (non-hydrogen) atoms. The van der Waals surface area contributed by atoms with Crippen molar-refractivity contribution in [3.05, 3.63) is 24.3 Å². The molecule has 0 aromatic heterocycles. The second kappa shape index (κ2) is 8.25. The summed E-state index contributed by atoms with van der Waals surface area (Å²) in [5, 5.41) is 9.28. The minimum Gasteiger partial charge on any atom is -0.491 e. The van der Waals surface area contributed by atoms with Gasteiger partial charge in [0.15, 0.2) is 0 Å². The molecule has 1 unspecified atom stereocenters. The molecule has 1 aromatic carbocycles. The van der Waals surface area contributed by atoms with Crippen molar-refractivity contribution in [3.8, 4) is 5.75 Å². The molecule has 0 radical (unpaired) electrons. The Morgan fingerprint density at radius 2 is 2.18 bits per heavy atom. The van der Waals surface area contributed by atoms with Crippen LogP contribution >= 0.6 is 11.8 Å². The molecule has 1 aromatic rings. The third kappa shape index (κ3) is 5.84. The van der Waals surface area contributed by atoms with Crippen molar-refractivity contribution < 1.29 is 9.84 Å². The number of aliphatic hydroxyl groups is 1. The smallest absolute Gasteiger partial charge is 0.142 e. The lowest BCUT2D eigenvalue weighted by atomic mass is 10.3. The lowest BCUT2D eigenvalue weighted by Crippen LogP contribution is -2.04. The molecule has 4 heteroatoms. The van der Waals surface area contributed by atoms with E-state index in [1.54, 1.807) is 0 Å². The zero-order valence-corrected chi connectivity index (χ0v) is 11.1. The Hall–Kier alpha value is -0.870. The molecule has 0 fully saturated rings. The van der Waals surface area contributed by atoms with E-state index in [-0.39, 0.29) is 6.61 Å². The molecular weight excluding hydrogens is 234 g/mol. The summed E-state index contributed by atoms with van der Waals surface area (Å²) in [5.41, 5.74) is 6.45.